The molecule has 1 heterocycles. The molecule has 0 aliphatic rings. The van der Waals surface area contributed by atoms with Gasteiger partial charge in [-0.3, -0.25) is 0 Å². The zero-order valence-electron chi connectivity index (χ0n) is 9.35. The van der Waals surface area contributed by atoms with Crippen LogP contribution in [-0.4, -0.2) is 9.97 Å². The summed E-state index contributed by atoms with van der Waals surface area (Å²) in [7, 11) is 0. The monoisotopic (exact) mass is 213 g/mol. The third-order valence-electron chi connectivity index (χ3n) is 2.54. The second-order valence-electron chi connectivity index (χ2n) is 3.57. The van der Waals surface area contributed by atoms with Gasteiger partial charge in [-0.05, 0) is 23.6 Å². The highest BCUT2D eigenvalue weighted by Gasteiger charge is 1.99. The van der Waals surface area contributed by atoms with E-state index in [-0.39, 0.29) is 0 Å². The molecule has 0 atom stereocenters. The van der Waals surface area contributed by atoms with Crippen molar-refractivity contribution < 1.29 is 0 Å². The topological polar surface area (TPSA) is 37.8 Å². The van der Waals surface area contributed by atoms with E-state index in [0.717, 1.165) is 18.8 Å². The van der Waals surface area contributed by atoms with Crippen molar-refractivity contribution >= 4 is 5.82 Å². The molecule has 3 heteroatoms. The summed E-state index contributed by atoms with van der Waals surface area (Å²) in [6.07, 6.45) is 4.34. The first kappa shape index (κ1) is 10.6. The van der Waals surface area contributed by atoms with E-state index in [1.165, 1.54) is 11.1 Å². The van der Waals surface area contributed by atoms with Crippen LogP contribution >= 0.6 is 0 Å². The largest absolute Gasteiger partial charge is 0.366 e. The maximum atomic E-state index is 4.13. The van der Waals surface area contributed by atoms with Crippen molar-refractivity contribution in [2.45, 2.75) is 19.9 Å². The van der Waals surface area contributed by atoms with Gasteiger partial charge in [-0.1, -0.05) is 31.2 Å². The molecule has 82 valence electrons. The van der Waals surface area contributed by atoms with Gasteiger partial charge in [-0.2, -0.15) is 0 Å². The number of aromatic nitrogens is 2. The Balaban J connectivity index is 2.05. The van der Waals surface area contributed by atoms with Gasteiger partial charge in [0, 0.05) is 12.7 Å². The fraction of sp³-hybridized carbons (Fsp3) is 0.231. The Labute approximate surface area is 95.6 Å². The predicted octanol–water partition coefficient (Wildman–Crippen LogP) is 2.65. The van der Waals surface area contributed by atoms with Gasteiger partial charge >= 0.3 is 0 Å². The molecule has 1 N–H and O–H groups in total. The predicted molar refractivity (Wildman–Crippen MR) is 65.2 cm³/mol. The molecule has 1 aromatic heterocycles. The van der Waals surface area contributed by atoms with Crippen LogP contribution in [0.1, 0.15) is 18.1 Å². The highest BCUT2D eigenvalue weighted by Crippen LogP contribution is 2.11. The van der Waals surface area contributed by atoms with Gasteiger partial charge in [-0.25, -0.2) is 9.97 Å². The van der Waals surface area contributed by atoms with E-state index in [0.29, 0.717) is 0 Å². The number of hydrogen-bond donors (Lipinski definition) is 1. The van der Waals surface area contributed by atoms with Crippen molar-refractivity contribution in [3.8, 4) is 0 Å². The van der Waals surface area contributed by atoms with E-state index in [4.69, 9.17) is 0 Å². The Morgan fingerprint density at radius 3 is 2.62 bits per heavy atom. The molecule has 0 radical (unpaired) electrons. The number of anilines is 1. The van der Waals surface area contributed by atoms with Crippen molar-refractivity contribution in [2.75, 3.05) is 5.32 Å². The molecule has 0 aliphatic carbocycles. The summed E-state index contributed by atoms with van der Waals surface area (Å²) in [5.41, 5.74) is 2.70. The van der Waals surface area contributed by atoms with Gasteiger partial charge in [0.15, 0.2) is 0 Å². The fourth-order valence-electron chi connectivity index (χ4n) is 1.66. The Morgan fingerprint density at radius 2 is 1.94 bits per heavy atom. The molecule has 1 aromatic carbocycles. The molecule has 0 aliphatic heterocycles. The molecule has 2 aromatic rings. The molecule has 0 saturated carbocycles. The number of aryl methyl sites for hydroxylation is 1. The molecular formula is C13H15N3. The van der Waals surface area contributed by atoms with E-state index < -0.39 is 0 Å². The summed E-state index contributed by atoms with van der Waals surface area (Å²) in [6.45, 7) is 2.98. The van der Waals surface area contributed by atoms with Crippen LogP contribution in [0.2, 0.25) is 0 Å². The Morgan fingerprint density at radius 1 is 1.12 bits per heavy atom. The van der Waals surface area contributed by atoms with Crippen LogP contribution in [0.25, 0.3) is 0 Å². The number of rotatable bonds is 4. The highest BCUT2D eigenvalue weighted by atomic mass is 15.0. The molecular weight excluding hydrogens is 198 g/mol. The molecule has 0 unspecified atom stereocenters. The minimum atomic E-state index is 0.807. The number of nitrogens with one attached hydrogen (secondary N) is 1. The first-order valence-corrected chi connectivity index (χ1v) is 5.47. The molecule has 0 amide bonds. The normalized spacial score (nSPS) is 10.1. The summed E-state index contributed by atoms with van der Waals surface area (Å²) in [5.74, 6) is 0.862. The van der Waals surface area contributed by atoms with Gasteiger partial charge in [0.1, 0.15) is 12.1 Å². The van der Waals surface area contributed by atoms with Crippen LogP contribution < -0.4 is 5.32 Å². The zero-order valence-corrected chi connectivity index (χ0v) is 9.35. The maximum absolute atomic E-state index is 4.13. The Kier molecular flexibility index (Phi) is 3.49. The molecule has 0 spiro atoms. The first-order chi connectivity index (χ1) is 7.90. The van der Waals surface area contributed by atoms with E-state index in [2.05, 4.69) is 46.5 Å². The molecule has 0 saturated heterocycles. The van der Waals surface area contributed by atoms with Crippen LogP contribution in [0.5, 0.6) is 0 Å². The second kappa shape index (κ2) is 5.26. The van der Waals surface area contributed by atoms with E-state index >= 15 is 0 Å². The SMILES string of the molecule is CCc1ccccc1CNc1ccncn1. The summed E-state index contributed by atoms with van der Waals surface area (Å²) in [4.78, 5) is 8.01. The lowest BCUT2D eigenvalue weighted by molar-refractivity contribution is 1.03. The van der Waals surface area contributed by atoms with Gasteiger partial charge in [0.25, 0.3) is 0 Å². The lowest BCUT2D eigenvalue weighted by atomic mass is 10.1. The Hall–Kier alpha value is -1.90. The average Bonchev–Trinajstić information content (AvgIpc) is 2.38. The minimum Gasteiger partial charge on any atom is -0.366 e. The summed E-state index contributed by atoms with van der Waals surface area (Å²) in [5, 5.41) is 3.28. The highest BCUT2D eigenvalue weighted by molar-refractivity contribution is 5.35. The molecule has 16 heavy (non-hydrogen) atoms. The molecule has 0 bridgehead atoms. The maximum Gasteiger partial charge on any atom is 0.129 e. The molecule has 3 nitrogen and oxygen atoms in total. The van der Waals surface area contributed by atoms with Crippen molar-refractivity contribution in [2.24, 2.45) is 0 Å². The lowest BCUT2D eigenvalue weighted by Crippen LogP contribution is -2.03. The third kappa shape index (κ3) is 2.57. The van der Waals surface area contributed by atoms with Crippen LogP contribution in [-0.2, 0) is 13.0 Å². The quantitative estimate of drug-likeness (QED) is 0.848. The standard InChI is InChI=1S/C13H15N3/c1-2-11-5-3-4-6-12(11)9-15-13-7-8-14-10-16-13/h3-8,10H,2,9H2,1H3,(H,14,15,16). The second-order valence-corrected chi connectivity index (χ2v) is 3.57. The van der Waals surface area contributed by atoms with Gasteiger partial charge in [-0.15, -0.1) is 0 Å². The first-order valence-electron chi connectivity index (χ1n) is 5.47. The van der Waals surface area contributed by atoms with Crippen molar-refractivity contribution in [3.63, 3.8) is 0 Å². The third-order valence-corrected chi connectivity index (χ3v) is 2.54. The van der Waals surface area contributed by atoms with Gasteiger partial charge < -0.3 is 5.32 Å². The smallest absolute Gasteiger partial charge is 0.129 e. The molecule has 2 rings (SSSR count). The average molecular weight is 213 g/mol. The van der Waals surface area contributed by atoms with Crippen LogP contribution in [0.15, 0.2) is 42.9 Å². The van der Waals surface area contributed by atoms with Crippen molar-refractivity contribution in [1.29, 1.82) is 0 Å². The van der Waals surface area contributed by atoms with Crippen LogP contribution in [0.4, 0.5) is 5.82 Å². The fourth-order valence-corrected chi connectivity index (χ4v) is 1.66. The molecule has 0 fully saturated rings. The van der Waals surface area contributed by atoms with Crippen LogP contribution in [0, 0.1) is 0 Å². The zero-order chi connectivity index (χ0) is 11.2. The number of benzene rings is 1. The summed E-state index contributed by atoms with van der Waals surface area (Å²) in [6, 6.07) is 10.3. The van der Waals surface area contributed by atoms with Crippen molar-refractivity contribution in [1.82, 2.24) is 9.97 Å². The van der Waals surface area contributed by atoms with Crippen molar-refractivity contribution in [3.05, 3.63) is 54.0 Å². The lowest BCUT2D eigenvalue weighted by Gasteiger charge is -2.09. The van der Waals surface area contributed by atoms with Crippen LogP contribution in [0.3, 0.4) is 0 Å². The van der Waals surface area contributed by atoms with E-state index in [1.54, 1.807) is 12.5 Å². The minimum absolute atomic E-state index is 0.807. The van der Waals surface area contributed by atoms with Gasteiger partial charge in [0.2, 0.25) is 0 Å². The van der Waals surface area contributed by atoms with E-state index in [9.17, 15) is 0 Å². The van der Waals surface area contributed by atoms with E-state index in [1.807, 2.05) is 6.07 Å². The number of hydrogen-bond acceptors (Lipinski definition) is 3. The summed E-state index contributed by atoms with van der Waals surface area (Å²) < 4.78 is 0. The summed E-state index contributed by atoms with van der Waals surface area (Å²) >= 11 is 0. The number of nitrogens with zero attached hydrogens (tertiary/aromatic N) is 2. The Bertz CT molecular complexity index is 440. The van der Waals surface area contributed by atoms with Gasteiger partial charge in [0.05, 0.1) is 0 Å².